The minimum absolute atomic E-state index is 0.523. The third-order valence-electron chi connectivity index (χ3n) is 5.44. The molecule has 0 bridgehead atoms. The molecular formula is C29H27NO2S2. The lowest BCUT2D eigenvalue weighted by molar-refractivity contribution is 0.659. The Labute approximate surface area is 206 Å². The monoisotopic (exact) mass is 485 g/mol. The topological polar surface area (TPSA) is 46.2 Å². The Balaban J connectivity index is 1.81. The van der Waals surface area contributed by atoms with E-state index in [0.717, 1.165) is 22.3 Å². The average molecular weight is 486 g/mol. The molecule has 5 heteroatoms. The van der Waals surface area contributed by atoms with E-state index in [1.54, 1.807) is 0 Å². The number of nitrogens with one attached hydrogen (secondary N) is 1. The highest BCUT2D eigenvalue weighted by Gasteiger charge is 2.25. The maximum atomic E-state index is 13.9. The van der Waals surface area contributed by atoms with Crippen LogP contribution in [0, 0.1) is 13.8 Å². The lowest BCUT2D eigenvalue weighted by Crippen LogP contribution is -2.27. The minimum atomic E-state index is -1.50. The molecule has 3 nitrogen and oxygen atoms in total. The second kappa shape index (κ2) is 11.3. The number of rotatable bonds is 8. The van der Waals surface area contributed by atoms with Crippen LogP contribution in [-0.4, -0.2) is 8.42 Å². The molecule has 0 fully saturated rings. The molecule has 34 heavy (non-hydrogen) atoms. The first-order valence-corrected chi connectivity index (χ1v) is 13.4. The average Bonchev–Trinajstić information content (AvgIpc) is 2.87. The summed E-state index contributed by atoms with van der Waals surface area (Å²) in [6.07, 6.45) is 1.94. The van der Waals surface area contributed by atoms with Crippen molar-refractivity contribution >= 4 is 27.9 Å². The van der Waals surface area contributed by atoms with Crippen LogP contribution >= 0.6 is 0 Å². The van der Waals surface area contributed by atoms with Crippen LogP contribution in [0.3, 0.4) is 0 Å². The Bertz CT molecular complexity index is 1300. The van der Waals surface area contributed by atoms with Gasteiger partial charge in [-0.1, -0.05) is 96.1 Å². The molecule has 0 aliphatic rings. The van der Waals surface area contributed by atoms with Crippen LogP contribution in [0.5, 0.6) is 0 Å². The van der Waals surface area contributed by atoms with Gasteiger partial charge in [0.1, 0.15) is 11.0 Å². The van der Waals surface area contributed by atoms with E-state index in [2.05, 4.69) is 4.72 Å². The molecule has 0 aliphatic heterocycles. The van der Waals surface area contributed by atoms with E-state index in [1.165, 1.54) is 0 Å². The summed E-state index contributed by atoms with van der Waals surface area (Å²) in [7, 11) is -2.98. The van der Waals surface area contributed by atoms with Gasteiger partial charge in [0.15, 0.2) is 0 Å². The summed E-state index contributed by atoms with van der Waals surface area (Å²) in [6, 6.07) is 34.3. The first kappa shape index (κ1) is 24.0. The molecule has 0 amide bonds. The predicted molar refractivity (Wildman–Crippen MR) is 142 cm³/mol. The summed E-state index contributed by atoms with van der Waals surface area (Å²) < 4.78 is 30.6. The molecule has 4 rings (SSSR count). The molecule has 3 atom stereocenters. The molecule has 0 aromatic heterocycles. The molecule has 0 saturated carbocycles. The summed E-state index contributed by atoms with van der Waals surface area (Å²) >= 11 is 0. The van der Waals surface area contributed by atoms with Gasteiger partial charge in [-0.25, -0.2) is 13.1 Å². The van der Waals surface area contributed by atoms with Crippen molar-refractivity contribution in [3.63, 3.8) is 0 Å². The quantitative estimate of drug-likeness (QED) is 0.309. The van der Waals surface area contributed by atoms with Crippen LogP contribution in [0.15, 0.2) is 124 Å². The summed E-state index contributed by atoms with van der Waals surface area (Å²) in [4.78, 5) is 2.02. The Kier molecular flexibility index (Phi) is 8.01. The molecule has 0 radical (unpaired) electrons. The standard InChI is InChI=1S/C29H27NO2S2/c1-22-13-17-26(18-14-22)33(31)28(21-24-9-5-3-6-10-24)29(25-11-7-4-8-12-25)30-34(32)27-19-15-23(2)16-20-27/h3-21,29-30H,1-2H3/b28-21+/t29-,33?,34?/m0/s1. The third kappa shape index (κ3) is 6.06. The van der Waals surface area contributed by atoms with Crippen LogP contribution in [0.2, 0.25) is 0 Å². The van der Waals surface area contributed by atoms with E-state index < -0.39 is 27.8 Å². The van der Waals surface area contributed by atoms with Crippen molar-refractivity contribution in [2.75, 3.05) is 0 Å². The zero-order valence-electron chi connectivity index (χ0n) is 19.2. The molecule has 172 valence electrons. The molecule has 1 N–H and O–H groups in total. The first-order valence-electron chi connectivity index (χ1n) is 11.1. The first-order chi connectivity index (χ1) is 16.5. The third-order valence-corrected chi connectivity index (χ3v) is 8.07. The Morgan fingerprint density at radius 2 is 1.18 bits per heavy atom. The van der Waals surface area contributed by atoms with Crippen molar-refractivity contribution < 1.29 is 8.42 Å². The predicted octanol–water partition coefficient (Wildman–Crippen LogP) is 6.51. The van der Waals surface area contributed by atoms with E-state index in [9.17, 15) is 8.42 Å². The highest BCUT2D eigenvalue weighted by Crippen LogP contribution is 2.31. The molecule has 0 aliphatic carbocycles. The second-order valence-corrected chi connectivity index (χ2v) is 10.8. The van der Waals surface area contributed by atoms with Gasteiger partial charge in [-0.2, -0.15) is 0 Å². The van der Waals surface area contributed by atoms with Gasteiger partial charge >= 0.3 is 0 Å². The highest BCUT2D eigenvalue weighted by atomic mass is 32.2. The zero-order valence-corrected chi connectivity index (χ0v) is 20.8. The van der Waals surface area contributed by atoms with Crippen molar-refractivity contribution in [2.24, 2.45) is 0 Å². The Hall–Kier alpha value is -3.12. The van der Waals surface area contributed by atoms with Crippen molar-refractivity contribution in [3.05, 3.63) is 136 Å². The Morgan fingerprint density at radius 3 is 1.74 bits per heavy atom. The van der Waals surface area contributed by atoms with Gasteiger partial charge in [0.2, 0.25) is 0 Å². The molecule has 4 aromatic carbocycles. The van der Waals surface area contributed by atoms with Crippen LogP contribution < -0.4 is 4.72 Å². The number of hydrogen-bond acceptors (Lipinski definition) is 2. The van der Waals surface area contributed by atoms with Gasteiger partial charge in [0.05, 0.1) is 21.7 Å². The lowest BCUT2D eigenvalue weighted by atomic mass is 10.1. The largest absolute Gasteiger partial charge is 0.249 e. The van der Waals surface area contributed by atoms with Crippen LogP contribution in [0.25, 0.3) is 6.08 Å². The molecule has 0 heterocycles. The smallest absolute Gasteiger partial charge is 0.125 e. The minimum Gasteiger partial charge on any atom is -0.249 e. The number of hydrogen-bond donors (Lipinski definition) is 1. The SMILES string of the molecule is Cc1ccc(S(=O)N[C@H](/C(=C\c2ccccc2)S(=O)c2ccc(C)cc2)c2ccccc2)cc1. The second-order valence-electron chi connectivity index (χ2n) is 8.08. The van der Waals surface area contributed by atoms with Gasteiger partial charge in [0, 0.05) is 9.80 Å². The highest BCUT2D eigenvalue weighted by molar-refractivity contribution is 7.89. The van der Waals surface area contributed by atoms with Crippen molar-refractivity contribution in [1.82, 2.24) is 4.72 Å². The van der Waals surface area contributed by atoms with Gasteiger partial charge < -0.3 is 0 Å². The molecular weight excluding hydrogens is 458 g/mol. The molecule has 4 aromatic rings. The fraction of sp³-hybridized carbons (Fsp3) is 0.103. The normalized spacial score (nSPS) is 14.4. The van der Waals surface area contributed by atoms with Crippen LogP contribution in [0.4, 0.5) is 0 Å². The van der Waals surface area contributed by atoms with Gasteiger partial charge in [-0.15, -0.1) is 0 Å². The number of aryl methyl sites for hydroxylation is 2. The fourth-order valence-corrected chi connectivity index (χ4v) is 5.91. The summed E-state index contributed by atoms with van der Waals surface area (Å²) in [5, 5.41) is 0. The molecule has 2 unspecified atom stereocenters. The fourth-order valence-electron chi connectivity index (χ4n) is 3.53. The van der Waals surface area contributed by atoms with Gasteiger partial charge in [-0.3, -0.25) is 0 Å². The number of benzene rings is 4. The maximum absolute atomic E-state index is 13.9. The van der Waals surface area contributed by atoms with Crippen LogP contribution in [0.1, 0.15) is 28.3 Å². The lowest BCUT2D eigenvalue weighted by Gasteiger charge is -2.22. The van der Waals surface area contributed by atoms with E-state index in [1.807, 2.05) is 129 Å². The summed E-state index contributed by atoms with van der Waals surface area (Å²) in [5.74, 6) is 0. The maximum Gasteiger partial charge on any atom is 0.125 e. The van der Waals surface area contributed by atoms with E-state index in [-0.39, 0.29) is 0 Å². The van der Waals surface area contributed by atoms with Crippen molar-refractivity contribution in [2.45, 2.75) is 29.7 Å². The van der Waals surface area contributed by atoms with Crippen LogP contribution in [-0.2, 0) is 21.8 Å². The zero-order chi connectivity index (χ0) is 23.9. The van der Waals surface area contributed by atoms with E-state index >= 15 is 0 Å². The Morgan fingerprint density at radius 1 is 0.676 bits per heavy atom. The molecule has 0 saturated heterocycles. The summed E-state index contributed by atoms with van der Waals surface area (Å²) in [6.45, 7) is 4.00. The van der Waals surface area contributed by atoms with E-state index in [0.29, 0.717) is 14.7 Å². The van der Waals surface area contributed by atoms with Crippen molar-refractivity contribution in [1.29, 1.82) is 0 Å². The van der Waals surface area contributed by atoms with E-state index in [4.69, 9.17) is 0 Å². The van der Waals surface area contributed by atoms with Gasteiger partial charge in [-0.05, 0) is 55.3 Å². The van der Waals surface area contributed by atoms with Gasteiger partial charge in [0.25, 0.3) is 0 Å². The molecule has 0 spiro atoms. The van der Waals surface area contributed by atoms with Crippen molar-refractivity contribution in [3.8, 4) is 0 Å². The summed E-state index contributed by atoms with van der Waals surface area (Å²) in [5.41, 5.74) is 4.03.